The van der Waals surface area contributed by atoms with Gasteiger partial charge < -0.3 is 19.7 Å². The number of hydrogen-bond donors (Lipinski definition) is 2. The van der Waals surface area contributed by atoms with Crippen molar-refractivity contribution in [1.29, 1.82) is 0 Å². The van der Waals surface area contributed by atoms with Crippen LogP contribution in [-0.4, -0.2) is 64.2 Å². The van der Waals surface area contributed by atoms with E-state index in [1.807, 2.05) is 0 Å². The van der Waals surface area contributed by atoms with E-state index in [4.69, 9.17) is 15.9 Å². The van der Waals surface area contributed by atoms with Crippen LogP contribution in [0.1, 0.15) is 5.56 Å². The van der Waals surface area contributed by atoms with Crippen molar-refractivity contribution < 1.29 is 32.3 Å². The van der Waals surface area contributed by atoms with Gasteiger partial charge in [-0.3, -0.25) is 14.9 Å². The molecule has 0 radical (unpaired) electrons. The lowest BCUT2D eigenvalue weighted by atomic mass is 10.2. The van der Waals surface area contributed by atoms with Crippen molar-refractivity contribution in [2.75, 3.05) is 47.3 Å². The topological polar surface area (TPSA) is 131 Å². The van der Waals surface area contributed by atoms with Crippen molar-refractivity contribution in [1.82, 2.24) is 0 Å². The van der Waals surface area contributed by atoms with Crippen LogP contribution in [0.2, 0.25) is 0 Å². The molecule has 3 amide bonds. The summed E-state index contributed by atoms with van der Waals surface area (Å²) in [5.74, 6) is 0.736. The van der Waals surface area contributed by atoms with Gasteiger partial charge in [0.2, 0.25) is 0 Å². The minimum Gasteiger partial charge on any atom is -0.435 e. The summed E-state index contributed by atoms with van der Waals surface area (Å²) in [5.41, 5.74) is 1.93. The minimum atomic E-state index is -3.66. The van der Waals surface area contributed by atoms with Crippen LogP contribution >= 0.6 is 0 Å². The van der Waals surface area contributed by atoms with Gasteiger partial charge in [0, 0.05) is 35.4 Å². The number of hydrogen-bond acceptors (Lipinski definition) is 7. The highest BCUT2D eigenvalue weighted by atomic mass is 32.2. The number of nitrogens with one attached hydrogen (secondary N) is 2. The highest BCUT2D eigenvalue weighted by molar-refractivity contribution is 7.90. The molecule has 1 aliphatic heterocycles. The summed E-state index contributed by atoms with van der Waals surface area (Å²) in [6.45, 7) is 0.833. The second-order valence-electron chi connectivity index (χ2n) is 7.47. The molecule has 1 atom stereocenters. The quantitative estimate of drug-likeness (QED) is 0.570. The molecule has 1 aliphatic rings. The smallest absolute Gasteiger partial charge is 0.412 e. The molecular formula is C23H23N3O7S. The summed E-state index contributed by atoms with van der Waals surface area (Å²) >= 11 is 0. The van der Waals surface area contributed by atoms with Crippen molar-refractivity contribution in [2.24, 2.45) is 0 Å². The van der Waals surface area contributed by atoms with E-state index >= 15 is 0 Å². The SMILES string of the molecule is C#Cc1ccc(NC(=O)O[C@H](CS(C)(=O)=O)C(=O)Nc2ccc(N3CCOCC3=O)cc2)cc1. The number of rotatable bonds is 7. The molecule has 0 aliphatic carbocycles. The Morgan fingerprint density at radius 2 is 1.74 bits per heavy atom. The van der Waals surface area contributed by atoms with Gasteiger partial charge in [0.05, 0.1) is 12.4 Å². The molecule has 1 saturated heterocycles. The standard InChI is InChI=1S/C23H23N3O7S/c1-3-16-4-6-18(7-5-16)25-23(29)33-20(15-34(2,30)31)22(28)24-17-8-10-19(11-9-17)26-12-13-32-14-21(26)27/h1,4-11,20H,12-15H2,2H3,(H,24,28)(H,25,29)/t20-/m1/s1. The van der Waals surface area contributed by atoms with Crippen LogP contribution < -0.4 is 15.5 Å². The molecule has 2 aromatic carbocycles. The van der Waals surface area contributed by atoms with Crippen molar-refractivity contribution in [2.45, 2.75) is 6.10 Å². The number of benzene rings is 2. The van der Waals surface area contributed by atoms with Crippen molar-refractivity contribution in [3.8, 4) is 12.3 Å². The van der Waals surface area contributed by atoms with E-state index in [9.17, 15) is 22.8 Å². The molecular weight excluding hydrogens is 462 g/mol. The Bertz CT molecular complexity index is 1200. The van der Waals surface area contributed by atoms with E-state index in [1.165, 1.54) is 0 Å². The predicted molar refractivity (Wildman–Crippen MR) is 126 cm³/mol. The van der Waals surface area contributed by atoms with Gasteiger partial charge in [-0.2, -0.15) is 0 Å². The fraction of sp³-hybridized carbons (Fsp3) is 0.261. The maximum Gasteiger partial charge on any atom is 0.412 e. The first-order valence-electron chi connectivity index (χ1n) is 10.2. The molecule has 2 N–H and O–H groups in total. The van der Waals surface area contributed by atoms with Gasteiger partial charge in [-0.1, -0.05) is 5.92 Å². The number of sulfone groups is 1. The molecule has 34 heavy (non-hydrogen) atoms. The second-order valence-corrected chi connectivity index (χ2v) is 9.65. The first-order chi connectivity index (χ1) is 16.1. The summed E-state index contributed by atoms with van der Waals surface area (Å²) in [5, 5.41) is 4.96. The number of ether oxygens (including phenoxy) is 2. The van der Waals surface area contributed by atoms with Crippen LogP contribution in [0, 0.1) is 12.3 Å². The average molecular weight is 486 g/mol. The van der Waals surface area contributed by atoms with Crippen LogP contribution in [0.15, 0.2) is 48.5 Å². The average Bonchev–Trinajstić information content (AvgIpc) is 2.79. The van der Waals surface area contributed by atoms with Gasteiger partial charge in [0.15, 0.2) is 15.9 Å². The monoisotopic (exact) mass is 485 g/mol. The predicted octanol–water partition coefficient (Wildman–Crippen LogP) is 1.63. The minimum absolute atomic E-state index is 0.000879. The van der Waals surface area contributed by atoms with Crippen LogP contribution in [-0.2, 0) is 28.9 Å². The van der Waals surface area contributed by atoms with Crippen LogP contribution in [0.25, 0.3) is 0 Å². The molecule has 0 spiro atoms. The van der Waals surface area contributed by atoms with Gasteiger partial charge in [-0.25, -0.2) is 13.2 Å². The van der Waals surface area contributed by atoms with Gasteiger partial charge in [-0.15, -0.1) is 6.42 Å². The van der Waals surface area contributed by atoms with Crippen molar-refractivity contribution in [3.63, 3.8) is 0 Å². The van der Waals surface area contributed by atoms with Gasteiger partial charge in [-0.05, 0) is 48.5 Å². The first kappa shape index (κ1) is 24.8. The molecule has 0 aromatic heterocycles. The summed E-state index contributed by atoms with van der Waals surface area (Å²) < 4.78 is 33.8. The molecule has 1 fully saturated rings. The highest BCUT2D eigenvalue weighted by Crippen LogP contribution is 2.20. The van der Waals surface area contributed by atoms with Crippen molar-refractivity contribution >= 4 is 44.8 Å². The molecule has 3 rings (SSSR count). The maximum atomic E-state index is 12.7. The van der Waals surface area contributed by atoms with E-state index in [-0.39, 0.29) is 12.5 Å². The Labute approximate surface area is 197 Å². The molecule has 1 heterocycles. The van der Waals surface area contributed by atoms with Crippen LogP contribution in [0.5, 0.6) is 0 Å². The van der Waals surface area contributed by atoms with E-state index in [0.29, 0.717) is 35.8 Å². The van der Waals surface area contributed by atoms with E-state index < -0.39 is 33.7 Å². The zero-order valence-corrected chi connectivity index (χ0v) is 19.1. The number of terminal acetylenes is 1. The molecule has 178 valence electrons. The fourth-order valence-electron chi connectivity index (χ4n) is 3.10. The van der Waals surface area contributed by atoms with Gasteiger partial charge in [0.25, 0.3) is 11.8 Å². The van der Waals surface area contributed by atoms with E-state index in [1.54, 1.807) is 53.4 Å². The third-order valence-electron chi connectivity index (χ3n) is 4.73. The van der Waals surface area contributed by atoms with Gasteiger partial charge >= 0.3 is 6.09 Å². The lowest BCUT2D eigenvalue weighted by Gasteiger charge is -2.27. The fourth-order valence-corrected chi connectivity index (χ4v) is 3.87. The van der Waals surface area contributed by atoms with Crippen molar-refractivity contribution in [3.05, 3.63) is 54.1 Å². The Hall–Kier alpha value is -3.88. The maximum absolute atomic E-state index is 12.7. The molecule has 0 bridgehead atoms. The summed E-state index contributed by atoms with van der Waals surface area (Å²) in [7, 11) is -3.66. The Morgan fingerprint density at radius 1 is 1.12 bits per heavy atom. The molecule has 0 saturated carbocycles. The highest BCUT2D eigenvalue weighted by Gasteiger charge is 2.28. The number of amides is 3. The number of carbonyl (C=O) groups is 3. The van der Waals surface area contributed by atoms with Gasteiger partial charge in [0.1, 0.15) is 6.61 Å². The molecule has 11 heteroatoms. The lowest BCUT2D eigenvalue weighted by molar-refractivity contribution is -0.125. The normalized spacial score (nSPS) is 14.6. The largest absolute Gasteiger partial charge is 0.435 e. The summed E-state index contributed by atoms with van der Waals surface area (Å²) in [4.78, 5) is 38.5. The molecule has 2 aromatic rings. The number of nitrogens with zero attached hydrogens (tertiary/aromatic N) is 1. The number of morpholine rings is 1. The third-order valence-corrected chi connectivity index (χ3v) is 5.63. The summed E-state index contributed by atoms with van der Waals surface area (Å²) in [6.07, 6.45) is 3.62. The number of anilines is 3. The van der Waals surface area contributed by atoms with E-state index in [0.717, 1.165) is 6.26 Å². The first-order valence-corrected chi connectivity index (χ1v) is 12.2. The summed E-state index contributed by atoms with van der Waals surface area (Å²) in [6, 6.07) is 12.7. The number of carbonyl (C=O) groups excluding carboxylic acids is 3. The molecule has 0 unspecified atom stereocenters. The molecule has 10 nitrogen and oxygen atoms in total. The zero-order valence-electron chi connectivity index (χ0n) is 18.3. The Kier molecular flexibility index (Phi) is 7.88. The van der Waals surface area contributed by atoms with Crippen LogP contribution in [0.4, 0.5) is 21.9 Å². The van der Waals surface area contributed by atoms with Crippen LogP contribution in [0.3, 0.4) is 0 Å². The second kappa shape index (κ2) is 10.8. The Morgan fingerprint density at radius 3 is 2.32 bits per heavy atom. The van der Waals surface area contributed by atoms with E-state index in [2.05, 4.69) is 16.6 Å². The Balaban J connectivity index is 1.66. The third kappa shape index (κ3) is 7.06. The lowest BCUT2D eigenvalue weighted by Crippen LogP contribution is -2.41. The zero-order chi connectivity index (χ0) is 24.7.